The van der Waals surface area contributed by atoms with E-state index < -0.39 is 4.92 Å². The maximum Gasteiger partial charge on any atom is 0.396 e. The summed E-state index contributed by atoms with van der Waals surface area (Å²) in [5, 5.41) is 14.6. The molecule has 1 aromatic carbocycles. The van der Waals surface area contributed by atoms with E-state index in [0.717, 1.165) is 17.3 Å². The first-order valence-electron chi connectivity index (χ1n) is 7.57. The molecule has 11 heteroatoms. The summed E-state index contributed by atoms with van der Waals surface area (Å²) >= 11 is 5.91. The van der Waals surface area contributed by atoms with Gasteiger partial charge in [-0.2, -0.15) is 0 Å². The lowest BCUT2D eigenvalue weighted by Crippen LogP contribution is -2.46. The SMILES string of the molecule is CNC(=S)NNC(=O)CSc1c([N+](=O)[O-])nc(C)n1Cc1ccccc1. The first kappa shape index (κ1) is 19.7. The molecule has 9 nitrogen and oxygen atoms in total. The van der Waals surface area contributed by atoms with Crippen molar-refractivity contribution in [2.75, 3.05) is 12.8 Å². The summed E-state index contributed by atoms with van der Waals surface area (Å²) in [6, 6.07) is 9.54. The fourth-order valence-corrected chi connectivity index (χ4v) is 3.09. The van der Waals surface area contributed by atoms with Gasteiger partial charge in [-0.25, -0.2) is 0 Å². The van der Waals surface area contributed by atoms with E-state index >= 15 is 0 Å². The van der Waals surface area contributed by atoms with Crippen LogP contribution in [-0.2, 0) is 11.3 Å². The molecule has 0 atom stereocenters. The number of nitro groups is 1. The Morgan fingerprint density at radius 3 is 2.65 bits per heavy atom. The Labute approximate surface area is 159 Å². The number of hydrogen-bond donors (Lipinski definition) is 3. The van der Waals surface area contributed by atoms with Gasteiger partial charge < -0.3 is 15.4 Å². The molecule has 1 aromatic heterocycles. The second-order valence-electron chi connectivity index (χ2n) is 5.16. The van der Waals surface area contributed by atoms with Crippen molar-refractivity contribution in [3.63, 3.8) is 0 Å². The van der Waals surface area contributed by atoms with Gasteiger partial charge in [0.2, 0.25) is 11.7 Å². The van der Waals surface area contributed by atoms with Crippen molar-refractivity contribution in [3.8, 4) is 0 Å². The van der Waals surface area contributed by atoms with Gasteiger partial charge in [-0.15, -0.1) is 0 Å². The fourth-order valence-electron chi connectivity index (χ4n) is 2.10. The van der Waals surface area contributed by atoms with Crippen LogP contribution in [0.15, 0.2) is 35.4 Å². The Hall–Kier alpha value is -2.66. The Kier molecular flexibility index (Phi) is 6.92. The van der Waals surface area contributed by atoms with Gasteiger partial charge in [-0.05, 0) is 27.7 Å². The van der Waals surface area contributed by atoms with E-state index in [-0.39, 0.29) is 22.6 Å². The Bertz CT molecular complexity index is 809. The summed E-state index contributed by atoms with van der Waals surface area (Å²) in [6.07, 6.45) is 0. The van der Waals surface area contributed by atoms with E-state index in [2.05, 4.69) is 21.2 Å². The number of carbonyl (C=O) groups is 1. The van der Waals surface area contributed by atoms with E-state index in [4.69, 9.17) is 12.2 Å². The van der Waals surface area contributed by atoms with E-state index in [1.807, 2.05) is 30.3 Å². The smallest absolute Gasteiger partial charge is 0.364 e. The minimum atomic E-state index is -0.539. The molecule has 0 radical (unpaired) electrons. The maximum atomic E-state index is 11.9. The van der Waals surface area contributed by atoms with Gasteiger partial charge in [0.25, 0.3) is 0 Å². The zero-order valence-corrected chi connectivity index (χ0v) is 15.8. The van der Waals surface area contributed by atoms with Crippen molar-refractivity contribution >= 4 is 40.8 Å². The molecule has 2 aromatic rings. The van der Waals surface area contributed by atoms with Crippen molar-refractivity contribution in [1.29, 1.82) is 0 Å². The highest BCUT2D eigenvalue weighted by molar-refractivity contribution is 8.00. The number of amides is 1. The number of carbonyl (C=O) groups excluding carboxylic acids is 1. The van der Waals surface area contributed by atoms with Crippen LogP contribution in [-0.4, -0.2) is 38.3 Å². The molecule has 0 saturated heterocycles. The number of imidazole rings is 1. The summed E-state index contributed by atoms with van der Waals surface area (Å²) in [6.45, 7) is 2.13. The van der Waals surface area contributed by atoms with Crippen LogP contribution >= 0.6 is 24.0 Å². The van der Waals surface area contributed by atoms with Crippen LogP contribution in [0.1, 0.15) is 11.4 Å². The average Bonchev–Trinajstić information content (AvgIpc) is 2.94. The van der Waals surface area contributed by atoms with E-state index in [1.165, 1.54) is 0 Å². The molecule has 1 amide bonds. The Morgan fingerprint density at radius 2 is 2.04 bits per heavy atom. The van der Waals surface area contributed by atoms with E-state index in [1.54, 1.807) is 18.5 Å². The molecule has 0 aliphatic rings. The number of nitrogens with one attached hydrogen (secondary N) is 3. The summed E-state index contributed by atoms with van der Waals surface area (Å²) < 4.78 is 1.73. The largest absolute Gasteiger partial charge is 0.396 e. The number of thioether (sulfide) groups is 1. The molecule has 0 saturated carbocycles. The van der Waals surface area contributed by atoms with Crippen LogP contribution in [0.25, 0.3) is 0 Å². The van der Waals surface area contributed by atoms with Gasteiger partial charge in [0.05, 0.1) is 12.3 Å². The molecule has 0 bridgehead atoms. The molecule has 3 N–H and O–H groups in total. The van der Waals surface area contributed by atoms with Crippen LogP contribution < -0.4 is 16.2 Å². The Morgan fingerprint density at radius 1 is 1.35 bits per heavy atom. The zero-order valence-electron chi connectivity index (χ0n) is 14.2. The third kappa shape index (κ3) is 5.17. The molecule has 2 rings (SSSR count). The van der Waals surface area contributed by atoms with Crippen molar-refractivity contribution in [2.24, 2.45) is 0 Å². The molecular weight excluding hydrogens is 376 g/mol. The van der Waals surface area contributed by atoms with Gasteiger partial charge in [0.1, 0.15) is 0 Å². The highest BCUT2D eigenvalue weighted by atomic mass is 32.2. The van der Waals surface area contributed by atoms with Gasteiger partial charge >= 0.3 is 5.82 Å². The lowest BCUT2D eigenvalue weighted by molar-refractivity contribution is -0.392. The van der Waals surface area contributed by atoms with Crippen LogP contribution in [0.2, 0.25) is 0 Å². The molecule has 138 valence electrons. The summed E-state index contributed by atoms with van der Waals surface area (Å²) in [5.41, 5.74) is 5.91. The minimum Gasteiger partial charge on any atom is -0.364 e. The summed E-state index contributed by atoms with van der Waals surface area (Å²) in [5.74, 6) is -0.139. The van der Waals surface area contributed by atoms with E-state index in [9.17, 15) is 14.9 Å². The van der Waals surface area contributed by atoms with Crippen molar-refractivity contribution in [1.82, 2.24) is 25.7 Å². The summed E-state index contributed by atoms with van der Waals surface area (Å²) in [7, 11) is 1.62. The zero-order chi connectivity index (χ0) is 19.1. The topological polar surface area (TPSA) is 114 Å². The van der Waals surface area contributed by atoms with Crippen LogP contribution in [0.4, 0.5) is 5.82 Å². The number of aryl methyl sites for hydroxylation is 1. The summed E-state index contributed by atoms with van der Waals surface area (Å²) in [4.78, 5) is 26.7. The van der Waals surface area contributed by atoms with Crippen molar-refractivity contribution in [2.45, 2.75) is 18.5 Å². The number of thiocarbonyl (C=S) groups is 1. The van der Waals surface area contributed by atoms with Crippen molar-refractivity contribution in [3.05, 3.63) is 51.8 Å². The van der Waals surface area contributed by atoms with E-state index in [0.29, 0.717) is 17.4 Å². The third-order valence-electron chi connectivity index (χ3n) is 3.33. The maximum absolute atomic E-state index is 11.9. The second-order valence-corrected chi connectivity index (χ2v) is 6.53. The first-order valence-corrected chi connectivity index (χ1v) is 8.96. The molecule has 0 spiro atoms. The quantitative estimate of drug-likeness (QED) is 0.291. The highest BCUT2D eigenvalue weighted by Gasteiger charge is 2.26. The predicted octanol–water partition coefficient (Wildman–Crippen LogP) is 1.37. The molecule has 26 heavy (non-hydrogen) atoms. The minimum absolute atomic E-state index is 0.0277. The molecule has 0 unspecified atom stereocenters. The fraction of sp³-hybridized carbons (Fsp3) is 0.267. The molecule has 0 aliphatic heterocycles. The van der Waals surface area contributed by atoms with Crippen molar-refractivity contribution < 1.29 is 9.72 Å². The molecular formula is C15H18N6O3S2. The number of nitrogens with zero attached hydrogens (tertiary/aromatic N) is 3. The van der Waals surface area contributed by atoms with Gasteiger partial charge in [-0.1, -0.05) is 42.1 Å². The predicted molar refractivity (Wildman–Crippen MR) is 103 cm³/mol. The van der Waals surface area contributed by atoms with Gasteiger partial charge in [0.15, 0.2) is 10.1 Å². The number of benzene rings is 1. The van der Waals surface area contributed by atoms with Gasteiger partial charge in [-0.3, -0.25) is 20.2 Å². The lowest BCUT2D eigenvalue weighted by Gasteiger charge is -2.10. The molecule has 1 heterocycles. The van der Waals surface area contributed by atoms with Gasteiger partial charge in [0, 0.05) is 14.0 Å². The number of aromatic nitrogens is 2. The number of hydrogen-bond acceptors (Lipinski definition) is 6. The number of rotatable bonds is 6. The highest BCUT2D eigenvalue weighted by Crippen LogP contribution is 2.30. The first-order chi connectivity index (χ1) is 12.4. The van der Waals surface area contributed by atoms with Crippen LogP contribution in [0.5, 0.6) is 0 Å². The average molecular weight is 394 g/mol. The lowest BCUT2D eigenvalue weighted by atomic mass is 10.2. The normalized spacial score (nSPS) is 10.2. The molecule has 0 fully saturated rings. The standard InChI is InChI=1S/C15H18N6O3S2/c1-10-17-13(21(23)24)14(20(10)8-11-6-4-3-5-7-11)26-9-12(22)18-19-15(25)16-2/h3-7H,8-9H2,1-2H3,(H,18,22)(H2,16,19,25). The monoisotopic (exact) mass is 394 g/mol. The third-order valence-corrected chi connectivity index (χ3v) is 4.72. The Balaban J connectivity index is 2.16. The number of hydrazine groups is 1. The second kappa shape index (κ2) is 9.15. The van der Waals surface area contributed by atoms with Crippen LogP contribution in [0.3, 0.4) is 0 Å². The molecule has 0 aliphatic carbocycles. The van der Waals surface area contributed by atoms with Crippen LogP contribution in [0, 0.1) is 17.0 Å².